The molecule has 3 heterocycles. The third kappa shape index (κ3) is 5.54. The van der Waals surface area contributed by atoms with Crippen molar-refractivity contribution in [2.24, 2.45) is 5.92 Å². The molecule has 3 aliphatic rings. The predicted octanol–water partition coefficient (Wildman–Crippen LogP) is 3.35. The van der Waals surface area contributed by atoms with Crippen LogP contribution in [0.3, 0.4) is 0 Å². The molecule has 1 N–H and O–H groups in total. The van der Waals surface area contributed by atoms with Crippen molar-refractivity contribution in [2.75, 3.05) is 39.3 Å². The summed E-state index contributed by atoms with van der Waals surface area (Å²) in [5.74, 6) is -0.0802. The lowest BCUT2D eigenvalue weighted by molar-refractivity contribution is -0.139. The van der Waals surface area contributed by atoms with Crippen LogP contribution < -0.4 is 5.32 Å². The maximum atomic E-state index is 13.6. The second-order valence-corrected chi connectivity index (χ2v) is 10.1. The van der Waals surface area contributed by atoms with Crippen molar-refractivity contribution in [3.8, 4) is 0 Å². The van der Waals surface area contributed by atoms with Gasteiger partial charge in [-0.1, -0.05) is 43.7 Å². The van der Waals surface area contributed by atoms with E-state index in [1.807, 2.05) is 11.0 Å². The van der Waals surface area contributed by atoms with Gasteiger partial charge in [-0.15, -0.1) is 6.58 Å². The highest BCUT2D eigenvalue weighted by Gasteiger charge is 2.44. The van der Waals surface area contributed by atoms with E-state index in [-0.39, 0.29) is 49.5 Å². The molecule has 0 saturated carbocycles. The van der Waals surface area contributed by atoms with Gasteiger partial charge >= 0.3 is 6.03 Å². The summed E-state index contributed by atoms with van der Waals surface area (Å²) in [4.78, 5) is 44.8. The van der Waals surface area contributed by atoms with Crippen LogP contribution in [0, 0.1) is 5.92 Å². The molecule has 1 aromatic carbocycles. The molecule has 0 radical (unpaired) electrons. The van der Waals surface area contributed by atoms with Gasteiger partial charge in [0.1, 0.15) is 6.54 Å². The van der Waals surface area contributed by atoms with E-state index in [1.165, 1.54) is 9.80 Å². The summed E-state index contributed by atoms with van der Waals surface area (Å²) in [5, 5.41) is 3.45. The number of rotatable bonds is 9. The van der Waals surface area contributed by atoms with Crippen molar-refractivity contribution in [1.82, 2.24) is 20.0 Å². The van der Waals surface area contributed by atoms with Crippen LogP contribution in [0.1, 0.15) is 38.3 Å². The average molecular weight is 501 g/mol. The molecule has 1 fully saturated rings. The largest absolute Gasteiger partial charge is 0.376 e. The SMILES string of the molecule is C=CCN1C(=O)N[C@@H](c2cccc(Cl)c2)C2=C1CN(CC(=O)N(CC(C)C)C[C@@H]1CCCO1)C2=O. The Labute approximate surface area is 211 Å². The highest BCUT2D eigenvalue weighted by Crippen LogP contribution is 2.36. The predicted molar refractivity (Wildman–Crippen MR) is 134 cm³/mol. The first-order valence-electron chi connectivity index (χ1n) is 12.1. The highest BCUT2D eigenvalue weighted by molar-refractivity contribution is 6.30. The normalized spacial score (nSPS) is 22.1. The fraction of sp³-hybridized carbons (Fsp3) is 0.500. The molecule has 1 aromatic rings. The number of ether oxygens (including phenoxy) is 1. The summed E-state index contributed by atoms with van der Waals surface area (Å²) in [6.45, 7) is 10.1. The van der Waals surface area contributed by atoms with Gasteiger partial charge in [0.15, 0.2) is 0 Å². The van der Waals surface area contributed by atoms with Gasteiger partial charge in [0.2, 0.25) is 5.91 Å². The maximum Gasteiger partial charge on any atom is 0.322 e. The molecular formula is C26H33ClN4O4. The van der Waals surface area contributed by atoms with Crippen molar-refractivity contribution < 1.29 is 19.1 Å². The second-order valence-electron chi connectivity index (χ2n) is 9.69. The van der Waals surface area contributed by atoms with Crippen LogP contribution in [0.4, 0.5) is 4.79 Å². The Morgan fingerprint density at radius 1 is 1.37 bits per heavy atom. The molecule has 3 aliphatic heterocycles. The number of halogens is 1. The molecule has 35 heavy (non-hydrogen) atoms. The monoisotopic (exact) mass is 500 g/mol. The van der Waals surface area contributed by atoms with Crippen LogP contribution >= 0.6 is 11.6 Å². The molecule has 0 unspecified atom stereocenters. The highest BCUT2D eigenvalue weighted by atomic mass is 35.5. The van der Waals surface area contributed by atoms with Crippen LogP contribution in [0.5, 0.6) is 0 Å². The minimum absolute atomic E-state index is 0.0374. The van der Waals surface area contributed by atoms with Gasteiger partial charge in [-0.25, -0.2) is 4.79 Å². The van der Waals surface area contributed by atoms with Crippen molar-refractivity contribution in [3.63, 3.8) is 0 Å². The average Bonchev–Trinajstić information content (AvgIpc) is 3.43. The van der Waals surface area contributed by atoms with Gasteiger partial charge in [0.25, 0.3) is 5.91 Å². The number of nitrogens with one attached hydrogen (secondary N) is 1. The van der Waals surface area contributed by atoms with E-state index in [9.17, 15) is 14.4 Å². The number of carbonyl (C=O) groups is 3. The molecule has 0 bridgehead atoms. The molecule has 9 heteroatoms. The third-order valence-corrected chi connectivity index (χ3v) is 6.74. The first kappa shape index (κ1) is 25.3. The number of amides is 4. The Kier molecular flexibility index (Phi) is 7.82. The van der Waals surface area contributed by atoms with Gasteiger partial charge in [-0.05, 0) is 36.5 Å². The molecule has 0 aliphatic carbocycles. The van der Waals surface area contributed by atoms with Gasteiger partial charge in [-0.3, -0.25) is 14.5 Å². The number of carbonyl (C=O) groups excluding carboxylic acids is 3. The van der Waals surface area contributed by atoms with Crippen LogP contribution in [-0.2, 0) is 14.3 Å². The van der Waals surface area contributed by atoms with Crippen molar-refractivity contribution in [3.05, 3.63) is 58.8 Å². The summed E-state index contributed by atoms with van der Waals surface area (Å²) in [6, 6.07) is 6.16. The lowest BCUT2D eigenvalue weighted by Crippen LogP contribution is -2.47. The minimum Gasteiger partial charge on any atom is -0.376 e. The maximum absolute atomic E-state index is 13.6. The Balaban J connectivity index is 1.57. The Hall–Kier alpha value is -2.84. The van der Waals surface area contributed by atoms with E-state index in [0.29, 0.717) is 29.4 Å². The van der Waals surface area contributed by atoms with E-state index in [2.05, 4.69) is 25.7 Å². The smallest absolute Gasteiger partial charge is 0.322 e. The third-order valence-electron chi connectivity index (χ3n) is 6.50. The first-order chi connectivity index (χ1) is 16.8. The summed E-state index contributed by atoms with van der Waals surface area (Å²) in [5.41, 5.74) is 1.79. The summed E-state index contributed by atoms with van der Waals surface area (Å²) >= 11 is 6.19. The second kappa shape index (κ2) is 10.8. The molecule has 1 saturated heterocycles. The van der Waals surface area contributed by atoms with Crippen LogP contribution in [-0.4, -0.2) is 78.0 Å². The van der Waals surface area contributed by atoms with Crippen molar-refractivity contribution >= 4 is 29.4 Å². The molecule has 188 valence electrons. The van der Waals surface area contributed by atoms with Gasteiger partial charge in [-0.2, -0.15) is 0 Å². The first-order valence-corrected chi connectivity index (χ1v) is 12.5. The van der Waals surface area contributed by atoms with Crippen molar-refractivity contribution in [2.45, 2.75) is 38.8 Å². The van der Waals surface area contributed by atoms with E-state index < -0.39 is 6.04 Å². The van der Waals surface area contributed by atoms with E-state index in [4.69, 9.17) is 16.3 Å². The molecule has 2 atom stereocenters. The van der Waals surface area contributed by atoms with E-state index >= 15 is 0 Å². The standard InChI is InChI=1S/C26H33ClN4O4/c1-4-10-31-21-15-30(16-22(32)29(13-17(2)3)14-20-9-6-11-35-20)25(33)23(21)24(28-26(31)34)18-7-5-8-19(27)12-18/h4-5,7-8,12,17,20,24H,1,6,9-11,13-16H2,2-3H3,(H,28,34)/t20-,24-/m0/s1. The van der Waals surface area contributed by atoms with E-state index in [1.54, 1.807) is 24.3 Å². The number of nitrogens with zero attached hydrogens (tertiary/aromatic N) is 3. The number of benzene rings is 1. The fourth-order valence-electron chi connectivity index (χ4n) is 4.95. The number of hydrogen-bond acceptors (Lipinski definition) is 4. The van der Waals surface area contributed by atoms with Gasteiger partial charge < -0.3 is 19.9 Å². The summed E-state index contributed by atoms with van der Waals surface area (Å²) in [7, 11) is 0. The number of hydrogen-bond donors (Lipinski definition) is 1. The Morgan fingerprint density at radius 3 is 2.83 bits per heavy atom. The van der Waals surface area contributed by atoms with E-state index in [0.717, 1.165) is 25.0 Å². The Bertz CT molecular complexity index is 1030. The van der Waals surface area contributed by atoms with Gasteiger partial charge in [0, 0.05) is 31.3 Å². The fourth-order valence-corrected chi connectivity index (χ4v) is 5.15. The molecule has 0 spiro atoms. The zero-order valence-corrected chi connectivity index (χ0v) is 21.1. The lowest BCUT2D eigenvalue weighted by atomic mass is 9.95. The van der Waals surface area contributed by atoms with Crippen LogP contribution in [0.2, 0.25) is 5.02 Å². The van der Waals surface area contributed by atoms with Crippen LogP contribution in [0.25, 0.3) is 0 Å². The number of urea groups is 1. The molecule has 4 rings (SSSR count). The summed E-state index contributed by atoms with van der Waals surface area (Å²) in [6.07, 6.45) is 3.59. The summed E-state index contributed by atoms with van der Waals surface area (Å²) < 4.78 is 5.75. The van der Waals surface area contributed by atoms with Crippen LogP contribution in [0.15, 0.2) is 48.2 Å². The minimum atomic E-state index is -0.636. The quantitative estimate of drug-likeness (QED) is 0.527. The molecule has 4 amide bonds. The molecular weight excluding hydrogens is 468 g/mol. The molecule has 0 aromatic heterocycles. The zero-order valence-electron chi connectivity index (χ0n) is 20.3. The van der Waals surface area contributed by atoms with Crippen molar-refractivity contribution in [1.29, 1.82) is 0 Å². The Morgan fingerprint density at radius 2 is 2.17 bits per heavy atom. The van der Waals surface area contributed by atoms with Gasteiger partial charge in [0.05, 0.1) is 30.0 Å². The topological polar surface area (TPSA) is 82.2 Å². The lowest BCUT2D eigenvalue weighted by Gasteiger charge is -2.33. The zero-order chi connectivity index (χ0) is 25.1. The molecule has 8 nitrogen and oxygen atoms in total.